The molecule has 7 atom stereocenters. The maximum Gasteiger partial charge on any atom is -0.0292 e. The Bertz CT molecular complexity index is 344. The van der Waals surface area contributed by atoms with Gasteiger partial charge in [0.1, 0.15) is 0 Å². The first-order valence-corrected chi connectivity index (χ1v) is 9.42. The molecule has 0 aromatic rings. The van der Waals surface area contributed by atoms with E-state index in [0.717, 1.165) is 41.4 Å². The molecule has 0 nitrogen and oxygen atoms in total. The minimum absolute atomic E-state index is 0.677. The number of hydrogen-bond acceptors (Lipinski definition) is 0. The number of rotatable bonds is 1. The second-order valence-electron chi connectivity index (χ2n) is 9.35. The molecule has 0 N–H and O–H groups in total. The summed E-state index contributed by atoms with van der Waals surface area (Å²) in [5.41, 5.74) is 0.677. The molecular weight excluding hydrogens is 240 g/mol. The molecule has 0 amide bonds. The van der Waals surface area contributed by atoms with Crippen LogP contribution >= 0.6 is 0 Å². The molecule has 0 heteroatoms. The Morgan fingerprint density at radius 2 is 1.50 bits per heavy atom. The van der Waals surface area contributed by atoms with Gasteiger partial charge in [0.15, 0.2) is 0 Å². The van der Waals surface area contributed by atoms with Crippen molar-refractivity contribution < 1.29 is 0 Å². The molecule has 3 aliphatic carbocycles. The van der Waals surface area contributed by atoms with Gasteiger partial charge < -0.3 is 0 Å². The number of hydrogen-bond donors (Lipinski definition) is 0. The van der Waals surface area contributed by atoms with Crippen LogP contribution in [0.1, 0.15) is 79.6 Å². The van der Waals surface area contributed by atoms with Gasteiger partial charge in [0, 0.05) is 0 Å². The van der Waals surface area contributed by atoms with Crippen LogP contribution in [0.5, 0.6) is 0 Å². The normalized spacial score (nSPS) is 52.5. The van der Waals surface area contributed by atoms with Crippen molar-refractivity contribution >= 4 is 0 Å². The van der Waals surface area contributed by atoms with Crippen molar-refractivity contribution in [3.05, 3.63) is 0 Å². The topological polar surface area (TPSA) is 0 Å². The van der Waals surface area contributed by atoms with E-state index >= 15 is 0 Å². The first-order chi connectivity index (χ1) is 9.42. The van der Waals surface area contributed by atoms with Gasteiger partial charge in [-0.2, -0.15) is 0 Å². The zero-order valence-electron chi connectivity index (χ0n) is 14.5. The highest BCUT2D eigenvalue weighted by Gasteiger charge is 2.50. The zero-order chi connectivity index (χ0) is 14.5. The van der Waals surface area contributed by atoms with Crippen LogP contribution in [0.2, 0.25) is 0 Å². The van der Waals surface area contributed by atoms with Crippen LogP contribution in [-0.2, 0) is 0 Å². The predicted octanol–water partition coefficient (Wildman–Crippen LogP) is 6.16. The first kappa shape index (κ1) is 14.9. The highest BCUT2D eigenvalue weighted by molar-refractivity contribution is 5.00. The van der Waals surface area contributed by atoms with E-state index < -0.39 is 0 Å². The monoisotopic (exact) mass is 276 g/mol. The molecule has 0 aromatic heterocycles. The van der Waals surface area contributed by atoms with E-state index in [2.05, 4.69) is 34.6 Å². The molecule has 0 aliphatic heterocycles. The molecule has 3 fully saturated rings. The van der Waals surface area contributed by atoms with Crippen LogP contribution in [-0.4, -0.2) is 0 Å². The average molecular weight is 277 g/mol. The summed E-state index contributed by atoms with van der Waals surface area (Å²) < 4.78 is 0. The van der Waals surface area contributed by atoms with E-state index in [9.17, 15) is 0 Å². The van der Waals surface area contributed by atoms with Gasteiger partial charge in [-0.3, -0.25) is 0 Å². The largest absolute Gasteiger partial charge is 0.0625 e. The minimum Gasteiger partial charge on any atom is -0.0625 e. The third-order valence-corrected chi connectivity index (χ3v) is 7.92. The molecule has 3 saturated carbocycles. The predicted molar refractivity (Wildman–Crippen MR) is 87.6 cm³/mol. The van der Waals surface area contributed by atoms with E-state index in [4.69, 9.17) is 0 Å². The fraction of sp³-hybridized carbons (Fsp3) is 1.00. The standard InChI is InChI=1S/C20H36/c1-13(2)16-10-11-20(5)12-18-15(4)6-8-17(18)14(3)7-9-19(16)20/h13-19H,6-12H2,1-5H3/t14-,15?,16+,17?,18?,19-,20+/m0/s1. The Hall–Kier alpha value is 0. The third-order valence-electron chi connectivity index (χ3n) is 7.92. The Morgan fingerprint density at radius 1 is 0.850 bits per heavy atom. The van der Waals surface area contributed by atoms with Crippen LogP contribution in [0.25, 0.3) is 0 Å². The summed E-state index contributed by atoms with van der Waals surface area (Å²) in [7, 11) is 0. The van der Waals surface area contributed by atoms with Crippen LogP contribution in [0.4, 0.5) is 0 Å². The molecule has 0 spiro atoms. The van der Waals surface area contributed by atoms with Crippen LogP contribution in [0.3, 0.4) is 0 Å². The van der Waals surface area contributed by atoms with E-state index in [0.29, 0.717) is 5.41 Å². The molecule has 3 unspecified atom stereocenters. The minimum atomic E-state index is 0.677. The highest BCUT2D eigenvalue weighted by atomic mass is 14.6. The van der Waals surface area contributed by atoms with E-state index in [1.807, 2.05) is 0 Å². The van der Waals surface area contributed by atoms with Crippen molar-refractivity contribution in [3.63, 3.8) is 0 Å². The Morgan fingerprint density at radius 3 is 2.20 bits per heavy atom. The van der Waals surface area contributed by atoms with Gasteiger partial charge in [0.2, 0.25) is 0 Å². The van der Waals surface area contributed by atoms with Gasteiger partial charge >= 0.3 is 0 Å². The molecule has 0 saturated heterocycles. The fourth-order valence-electron chi connectivity index (χ4n) is 6.57. The second-order valence-corrected chi connectivity index (χ2v) is 9.35. The molecule has 0 heterocycles. The van der Waals surface area contributed by atoms with Crippen LogP contribution < -0.4 is 0 Å². The lowest BCUT2D eigenvalue weighted by atomic mass is 9.61. The second kappa shape index (κ2) is 5.33. The summed E-state index contributed by atoms with van der Waals surface area (Å²) >= 11 is 0. The molecule has 0 radical (unpaired) electrons. The lowest BCUT2D eigenvalue weighted by Gasteiger charge is -2.44. The van der Waals surface area contributed by atoms with Crippen molar-refractivity contribution in [1.82, 2.24) is 0 Å². The van der Waals surface area contributed by atoms with Gasteiger partial charge in [-0.05, 0) is 78.9 Å². The van der Waals surface area contributed by atoms with Gasteiger partial charge in [-0.15, -0.1) is 0 Å². The van der Waals surface area contributed by atoms with Crippen molar-refractivity contribution in [3.8, 4) is 0 Å². The van der Waals surface area contributed by atoms with Gasteiger partial charge in [-0.25, -0.2) is 0 Å². The maximum atomic E-state index is 2.66. The molecular formula is C20H36. The van der Waals surface area contributed by atoms with E-state index in [1.165, 1.54) is 38.5 Å². The summed E-state index contributed by atoms with van der Waals surface area (Å²) in [6.07, 6.45) is 10.7. The summed E-state index contributed by atoms with van der Waals surface area (Å²) in [4.78, 5) is 0. The molecule has 3 aliphatic rings. The summed E-state index contributed by atoms with van der Waals surface area (Å²) in [5.74, 6) is 7.02. The van der Waals surface area contributed by atoms with E-state index in [-0.39, 0.29) is 0 Å². The van der Waals surface area contributed by atoms with Crippen molar-refractivity contribution in [2.24, 2.45) is 46.8 Å². The van der Waals surface area contributed by atoms with Crippen molar-refractivity contribution in [1.29, 1.82) is 0 Å². The smallest absolute Gasteiger partial charge is 0.0292 e. The van der Waals surface area contributed by atoms with E-state index in [1.54, 1.807) is 6.42 Å². The zero-order valence-corrected chi connectivity index (χ0v) is 14.5. The highest BCUT2D eigenvalue weighted by Crippen LogP contribution is 2.60. The Labute approximate surface area is 127 Å². The summed E-state index contributed by atoms with van der Waals surface area (Å²) in [5, 5.41) is 0. The first-order valence-electron chi connectivity index (χ1n) is 9.42. The lowest BCUT2D eigenvalue weighted by Crippen LogP contribution is -2.36. The van der Waals surface area contributed by atoms with Crippen molar-refractivity contribution in [2.75, 3.05) is 0 Å². The third kappa shape index (κ3) is 2.35. The quantitative estimate of drug-likeness (QED) is 0.538. The SMILES string of the molecule is CC1CCC2C1C[C@@]1(C)CC[C@H](C(C)C)[C@@H]1CC[C@@H]2C. The Balaban J connectivity index is 1.85. The molecule has 3 rings (SSSR count). The van der Waals surface area contributed by atoms with Crippen LogP contribution in [0.15, 0.2) is 0 Å². The van der Waals surface area contributed by atoms with Crippen molar-refractivity contribution in [2.45, 2.75) is 79.6 Å². The molecule has 116 valence electrons. The van der Waals surface area contributed by atoms with Crippen LogP contribution in [0, 0.1) is 46.8 Å². The van der Waals surface area contributed by atoms with Gasteiger partial charge in [0.25, 0.3) is 0 Å². The molecule has 20 heavy (non-hydrogen) atoms. The average Bonchev–Trinajstić information content (AvgIpc) is 2.88. The maximum absolute atomic E-state index is 2.66. The van der Waals surface area contributed by atoms with Gasteiger partial charge in [-0.1, -0.05) is 47.5 Å². The fourth-order valence-corrected chi connectivity index (χ4v) is 6.57. The molecule has 0 aromatic carbocycles. The summed E-state index contributed by atoms with van der Waals surface area (Å²) in [6, 6.07) is 0. The number of fused-ring (bicyclic) bond motifs is 2. The van der Waals surface area contributed by atoms with Gasteiger partial charge in [0.05, 0.1) is 0 Å². The molecule has 0 bridgehead atoms. The Kier molecular flexibility index (Phi) is 3.97. The summed E-state index contributed by atoms with van der Waals surface area (Å²) in [6.45, 7) is 12.7. The lowest BCUT2D eigenvalue weighted by molar-refractivity contribution is 0.0561.